The van der Waals surface area contributed by atoms with Gasteiger partial charge in [-0.25, -0.2) is 0 Å². The second kappa shape index (κ2) is 8.05. The van der Waals surface area contributed by atoms with Crippen molar-refractivity contribution in [2.75, 3.05) is 19.8 Å². The van der Waals surface area contributed by atoms with Crippen LogP contribution in [0.15, 0.2) is 0 Å². The summed E-state index contributed by atoms with van der Waals surface area (Å²) in [6, 6.07) is 0. The van der Waals surface area contributed by atoms with Crippen molar-refractivity contribution >= 4 is 5.91 Å². The maximum atomic E-state index is 10.6. The molecule has 0 fully saturated rings. The van der Waals surface area contributed by atoms with Crippen molar-refractivity contribution in [3.8, 4) is 0 Å². The number of amides is 1. The van der Waals surface area contributed by atoms with Gasteiger partial charge in [-0.2, -0.15) is 0 Å². The monoisotopic (exact) mass is 187 g/mol. The first-order valence-electron chi connectivity index (χ1n) is 4.99. The van der Waals surface area contributed by atoms with Gasteiger partial charge in [-0.3, -0.25) is 4.79 Å². The topological polar surface area (TPSA) is 38.3 Å². The van der Waals surface area contributed by atoms with Crippen LogP contribution in [0.3, 0.4) is 0 Å². The standard InChI is InChI=1S/C10H21NO2/c1-4-5-6-13-8-9(2)7-11-10(3)12/h9H,4-8H2,1-3H3,(H,11,12). The number of rotatable bonds is 7. The molecule has 1 N–H and O–H groups in total. The predicted molar refractivity (Wildman–Crippen MR) is 53.6 cm³/mol. The number of unbranched alkanes of at least 4 members (excludes halogenated alkanes) is 1. The molecule has 0 aromatic carbocycles. The molecule has 0 aliphatic carbocycles. The summed E-state index contributed by atoms with van der Waals surface area (Å²) in [5.74, 6) is 0.432. The van der Waals surface area contributed by atoms with E-state index in [1.807, 2.05) is 0 Å². The summed E-state index contributed by atoms with van der Waals surface area (Å²) in [6.07, 6.45) is 2.28. The van der Waals surface area contributed by atoms with Crippen molar-refractivity contribution in [1.29, 1.82) is 0 Å². The molecule has 0 saturated heterocycles. The summed E-state index contributed by atoms with van der Waals surface area (Å²) in [5.41, 5.74) is 0. The normalized spacial score (nSPS) is 12.5. The Kier molecular flexibility index (Phi) is 7.69. The third-order valence-corrected chi connectivity index (χ3v) is 1.74. The van der Waals surface area contributed by atoms with E-state index < -0.39 is 0 Å². The fourth-order valence-electron chi connectivity index (χ4n) is 0.908. The summed E-state index contributed by atoms with van der Waals surface area (Å²) < 4.78 is 5.42. The van der Waals surface area contributed by atoms with Crippen LogP contribution < -0.4 is 5.32 Å². The van der Waals surface area contributed by atoms with Gasteiger partial charge in [0.15, 0.2) is 0 Å². The van der Waals surface area contributed by atoms with Gasteiger partial charge < -0.3 is 10.1 Å². The van der Waals surface area contributed by atoms with Crippen molar-refractivity contribution in [3.63, 3.8) is 0 Å². The molecule has 0 saturated carbocycles. The molecule has 1 atom stereocenters. The van der Waals surface area contributed by atoms with Crippen LogP contribution in [0.25, 0.3) is 0 Å². The molecule has 0 aliphatic rings. The number of hydrogen-bond acceptors (Lipinski definition) is 2. The fraction of sp³-hybridized carbons (Fsp3) is 0.900. The van der Waals surface area contributed by atoms with Gasteiger partial charge in [0.25, 0.3) is 0 Å². The van der Waals surface area contributed by atoms with Crippen LogP contribution in [-0.4, -0.2) is 25.7 Å². The quantitative estimate of drug-likeness (QED) is 0.614. The van der Waals surface area contributed by atoms with Gasteiger partial charge in [0.1, 0.15) is 0 Å². The third kappa shape index (κ3) is 9.34. The molecule has 3 heteroatoms. The van der Waals surface area contributed by atoms with E-state index in [1.165, 1.54) is 13.3 Å². The van der Waals surface area contributed by atoms with Crippen LogP contribution in [0.5, 0.6) is 0 Å². The van der Waals surface area contributed by atoms with Gasteiger partial charge in [0.2, 0.25) is 5.91 Å². The first kappa shape index (κ1) is 12.4. The van der Waals surface area contributed by atoms with Crippen LogP contribution in [0.1, 0.15) is 33.6 Å². The van der Waals surface area contributed by atoms with Gasteiger partial charge in [-0.15, -0.1) is 0 Å². The number of nitrogens with one attached hydrogen (secondary N) is 1. The highest BCUT2D eigenvalue weighted by atomic mass is 16.5. The highest BCUT2D eigenvalue weighted by molar-refractivity contribution is 5.72. The van der Waals surface area contributed by atoms with Crippen LogP contribution in [0, 0.1) is 5.92 Å². The lowest BCUT2D eigenvalue weighted by atomic mass is 10.2. The van der Waals surface area contributed by atoms with Gasteiger partial charge >= 0.3 is 0 Å². The van der Waals surface area contributed by atoms with Crippen LogP contribution in [0.4, 0.5) is 0 Å². The van der Waals surface area contributed by atoms with Crippen molar-refractivity contribution in [1.82, 2.24) is 5.32 Å². The van der Waals surface area contributed by atoms with E-state index >= 15 is 0 Å². The highest BCUT2D eigenvalue weighted by Gasteiger charge is 2.02. The Bertz CT molecular complexity index is 137. The van der Waals surface area contributed by atoms with Gasteiger partial charge in [-0.05, 0) is 12.3 Å². The molecule has 0 aromatic heterocycles. The summed E-state index contributed by atoms with van der Waals surface area (Å²) in [5, 5.41) is 2.77. The van der Waals surface area contributed by atoms with Gasteiger partial charge in [0, 0.05) is 20.1 Å². The minimum absolute atomic E-state index is 0.0282. The molecule has 0 spiro atoms. The molecule has 1 unspecified atom stereocenters. The second-order valence-corrected chi connectivity index (χ2v) is 3.47. The van der Waals surface area contributed by atoms with Gasteiger partial charge in [-0.1, -0.05) is 20.3 Å². The summed E-state index contributed by atoms with van der Waals surface area (Å²) in [4.78, 5) is 10.6. The summed E-state index contributed by atoms with van der Waals surface area (Å²) in [7, 11) is 0. The molecule has 3 nitrogen and oxygen atoms in total. The minimum Gasteiger partial charge on any atom is -0.381 e. The van der Waals surface area contributed by atoms with Crippen LogP contribution in [0.2, 0.25) is 0 Å². The zero-order valence-electron chi connectivity index (χ0n) is 8.93. The second-order valence-electron chi connectivity index (χ2n) is 3.47. The maximum absolute atomic E-state index is 10.6. The molecule has 0 bridgehead atoms. The molecule has 13 heavy (non-hydrogen) atoms. The van der Waals surface area contributed by atoms with E-state index in [2.05, 4.69) is 19.2 Å². The molecular formula is C10H21NO2. The summed E-state index contributed by atoms with van der Waals surface area (Å²) >= 11 is 0. The van der Waals surface area contributed by atoms with Gasteiger partial charge in [0.05, 0.1) is 6.61 Å². The first-order valence-corrected chi connectivity index (χ1v) is 4.99. The Hall–Kier alpha value is -0.570. The lowest BCUT2D eigenvalue weighted by Crippen LogP contribution is -2.27. The van der Waals surface area contributed by atoms with E-state index in [-0.39, 0.29) is 5.91 Å². The smallest absolute Gasteiger partial charge is 0.216 e. The van der Waals surface area contributed by atoms with Crippen LogP contribution >= 0.6 is 0 Å². The minimum atomic E-state index is 0.0282. The molecule has 0 heterocycles. The highest BCUT2D eigenvalue weighted by Crippen LogP contribution is 1.95. The van der Waals surface area contributed by atoms with Crippen molar-refractivity contribution in [2.45, 2.75) is 33.6 Å². The van der Waals surface area contributed by atoms with Crippen molar-refractivity contribution in [3.05, 3.63) is 0 Å². The van der Waals surface area contributed by atoms with E-state index in [4.69, 9.17) is 4.74 Å². The van der Waals surface area contributed by atoms with E-state index in [0.717, 1.165) is 19.6 Å². The number of hydrogen-bond donors (Lipinski definition) is 1. The average Bonchev–Trinajstić information content (AvgIpc) is 2.09. The molecule has 0 aromatic rings. The zero-order valence-corrected chi connectivity index (χ0v) is 8.93. The lowest BCUT2D eigenvalue weighted by molar-refractivity contribution is -0.119. The molecule has 0 aliphatic heterocycles. The first-order chi connectivity index (χ1) is 6.16. The fourth-order valence-corrected chi connectivity index (χ4v) is 0.908. The third-order valence-electron chi connectivity index (χ3n) is 1.74. The molecule has 1 amide bonds. The number of carbonyl (C=O) groups is 1. The number of carbonyl (C=O) groups excluding carboxylic acids is 1. The van der Waals surface area contributed by atoms with Crippen molar-refractivity contribution in [2.24, 2.45) is 5.92 Å². The maximum Gasteiger partial charge on any atom is 0.216 e. The lowest BCUT2D eigenvalue weighted by Gasteiger charge is -2.11. The SMILES string of the molecule is CCCCOCC(C)CNC(C)=O. The Morgan fingerprint density at radius 2 is 2.23 bits per heavy atom. The molecule has 78 valence electrons. The van der Waals surface area contributed by atoms with E-state index in [0.29, 0.717) is 12.5 Å². The van der Waals surface area contributed by atoms with E-state index in [9.17, 15) is 4.79 Å². The number of ether oxygens (including phenoxy) is 1. The van der Waals surface area contributed by atoms with E-state index in [1.54, 1.807) is 0 Å². The zero-order chi connectivity index (χ0) is 10.1. The molecular weight excluding hydrogens is 166 g/mol. The Morgan fingerprint density at radius 1 is 1.54 bits per heavy atom. The Morgan fingerprint density at radius 3 is 2.77 bits per heavy atom. The predicted octanol–water partition coefficient (Wildman–Crippen LogP) is 1.58. The Balaban J connectivity index is 3.19. The average molecular weight is 187 g/mol. The Labute approximate surface area is 80.8 Å². The van der Waals surface area contributed by atoms with Crippen LogP contribution in [-0.2, 0) is 9.53 Å². The molecule has 0 rings (SSSR count). The van der Waals surface area contributed by atoms with Crippen molar-refractivity contribution < 1.29 is 9.53 Å². The summed E-state index contributed by atoms with van der Waals surface area (Å²) in [6.45, 7) is 8.03. The largest absolute Gasteiger partial charge is 0.381 e. The molecule has 0 radical (unpaired) electrons.